The lowest BCUT2D eigenvalue weighted by atomic mass is 9.96. The van der Waals surface area contributed by atoms with Crippen molar-refractivity contribution in [2.45, 2.75) is 46.6 Å². The minimum Gasteiger partial charge on any atom is -0.470 e. The van der Waals surface area contributed by atoms with Crippen LogP contribution in [0.1, 0.15) is 52.2 Å². The van der Waals surface area contributed by atoms with Crippen molar-refractivity contribution in [2.24, 2.45) is 5.92 Å². The highest BCUT2D eigenvalue weighted by molar-refractivity contribution is 7.11. The molecule has 3 heterocycles. The number of halogens is 2. The number of fused-ring (bicyclic) bond motifs is 1. The van der Waals surface area contributed by atoms with Crippen LogP contribution < -0.4 is 10.1 Å². The van der Waals surface area contributed by atoms with Crippen molar-refractivity contribution < 1.29 is 23.4 Å². The molecule has 0 aromatic carbocycles. The lowest BCUT2D eigenvalue weighted by Gasteiger charge is -2.25. The molecule has 1 unspecified atom stereocenters. The number of carbonyl (C=O) groups excluding carboxylic acids is 1. The van der Waals surface area contributed by atoms with E-state index in [9.17, 15) is 18.7 Å². The molecule has 0 saturated carbocycles. The molecule has 0 fully saturated rings. The van der Waals surface area contributed by atoms with E-state index >= 15 is 0 Å². The first-order chi connectivity index (χ1) is 16.5. The fourth-order valence-electron chi connectivity index (χ4n) is 3.81. The molecule has 3 aromatic rings. The van der Waals surface area contributed by atoms with Crippen LogP contribution in [-0.2, 0) is 5.54 Å². The predicted molar refractivity (Wildman–Crippen MR) is 126 cm³/mol. The Labute approximate surface area is 204 Å². The van der Waals surface area contributed by atoms with Crippen molar-refractivity contribution in [1.29, 1.82) is 0 Å². The topological polar surface area (TPSA) is 115 Å². The van der Waals surface area contributed by atoms with Gasteiger partial charge in [-0.2, -0.15) is 0 Å². The number of carbonyl (C=O) groups is 1. The Hall–Kier alpha value is -3.25. The molecular weight excluding hydrogens is 478 g/mol. The number of rotatable bonds is 7. The maximum atomic E-state index is 14.5. The fourth-order valence-corrected chi connectivity index (χ4v) is 4.59. The molecule has 0 radical (unpaired) electrons. The smallest absolute Gasteiger partial charge is 0.271 e. The summed E-state index contributed by atoms with van der Waals surface area (Å²) in [6, 6.07) is 0. The Balaban J connectivity index is 1.67. The van der Waals surface area contributed by atoms with Gasteiger partial charge < -0.3 is 15.2 Å². The molecule has 1 amide bonds. The Kier molecular flexibility index (Phi) is 6.69. The minimum atomic E-state index is -1.16. The number of aromatic nitrogens is 5. The number of allylic oxidation sites excluding steroid dienone is 2. The highest BCUT2D eigenvalue weighted by Crippen LogP contribution is 2.32. The van der Waals surface area contributed by atoms with Gasteiger partial charge in [0.1, 0.15) is 39.5 Å². The number of aryl methyl sites for hydroxylation is 3. The van der Waals surface area contributed by atoms with Gasteiger partial charge in [-0.1, -0.05) is 18.3 Å². The zero-order valence-corrected chi connectivity index (χ0v) is 20.8. The Morgan fingerprint density at radius 1 is 1.31 bits per heavy atom. The summed E-state index contributed by atoms with van der Waals surface area (Å²) in [7, 11) is 0. The lowest BCUT2D eigenvalue weighted by molar-refractivity contribution is 0.0842. The first-order valence-electron chi connectivity index (χ1n) is 11.0. The third kappa shape index (κ3) is 4.67. The quantitative estimate of drug-likeness (QED) is 0.505. The summed E-state index contributed by atoms with van der Waals surface area (Å²) in [6.07, 6.45) is 3.24. The van der Waals surface area contributed by atoms with E-state index in [1.807, 2.05) is 0 Å². The zero-order chi connectivity index (χ0) is 25.5. The second-order valence-electron chi connectivity index (χ2n) is 8.80. The van der Waals surface area contributed by atoms with Crippen molar-refractivity contribution in [2.75, 3.05) is 13.2 Å². The molecule has 1 aliphatic carbocycles. The third-order valence-corrected chi connectivity index (χ3v) is 6.90. The summed E-state index contributed by atoms with van der Waals surface area (Å²) in [5.74, 6) is -2.09. The van der Waals surface area contributed by atoms with Gasteiger partial charge in [0.2, 0.25) is 5.65 Å². The standard InChI is InChI=1S/C23H26F2N6O3S/c1-11-6-7-16(24)15(17(11)25)9-34-21-19-27-13(3)18(31(19)8-12(2)26-21)20(33)28-23(5,10-32)22-30-29-14(4)35-22/h7-8,11,32H,6,9-10H2,1-5H3,(H,28,33)/t11?,23-/m0/s1. The van der Waals surface area contributed by atoms with Gasteiger partial charge in [0.25, 0.3) is 11.8 Å². The Bertz CT molecular complexity index is 1360. The molecule has 12 heteroatoms. The SMILES string of the molecule is Cc1cn2c(C(=O)N[C@@](C)(CO)c3nnc(C)s3)c(C)nc2c(OCC2=C(F)C(C)CC=C2F)n1. The Morgan fingerprint density at radius 2 is 2.06 bits per heavy atom. The summed E-state index contributed by atoms with van der Waals surface area (Å²) in [4.78, 5) is 22.1. The summed E-state index contributed by atoms with van der Waals surface area (Å²) in [6.45, 7) is 7.71. The number of imidazole rings is 1. The monoisotopic (exact) mass is 504 g/mol. The molecule has 9 nitrogen and oxygen atoms in total. The van der Waals surface area contributed by atoms with Gasteiger partial charge >= 0.3 is 0 Å². The third-order valence-electron chi connectivity index (χ3n) is 5.80. The molecule has 0 bridgehead atoms. The number of aliphatic hydroxyl groups is 1. The number of hydrogen-bond acceptors (Lipinski definition) is 8. The number of nitrogens with zero attached hydrogens (tertiary/aromatic N) is 5. The van der Waals surface area contributed by atoms with Crippen molar-refractivity contribution in [3.63, 3.8) is 0 Å². The van der Waals surface area contributed by atoms with Gasteiger partial charge in [-0.15, -0.1) is 10.2 Å². The normalized spacial score (nSPS) is 17.9. The first-order valence-corrected chi connectivity index (χ1v) is 11.8. The fraction of sp³-hybridized carbons (Fsp3) is 0.435. The molecule has 0 saturated heterocycles. The second kappa shape index (κ2) is 9.42. The van der Waals surface area contributed by atoms with Crippen LogP contribution in [0, 0.1) is 26.7 Å². The van der Waals surface area contributed by atoms with E-state index in [1.54, 1.807) is 40.8 Å². The van der Waals surface area contributed by atoms with Crippen LogP contribution in [0.3, 0.4) is 0 Å². The van der Waals surface area contributed by atoms with Crippen molar-refractivity contribution in [3.05, 3.63) is 56.6 Å². The van der Waals surface area contributed by atoms with Gasteiger partial charge in [0, 0.05) is 12.1 Å². The summed E-state index contributed by atoms with van der Waals surface area (Å²) < 4.78 is 36.0. The van der Waals surface area contributed by atoms with Crippen LogP contribution in [0.2, 0.25) is 0 Å². The zero-order valence-electron chi connectivity index (χ0n) is 20.0. The van der Waals surface area contributed by atoms with Gasteiger partial charge in [0.15, 0.2) is 0 Å². The van der Waals surface area contributed by atoms with E-state index < -0.39 is 35.6 Å². The summed E-state index contributed by atoms with van der Waals surface area (Å²) >= 11 is 1.27. The first kappa shape index (κ1) is 24.9. The van der Waals surface area contributed by atoms with Crippen molar-refractivity contribution in [1.82, 2.24) is 29.9 Å². The average molecular weight is 505 g/mol. The van der Waals surface area contributed by atoms with E-state index in [0.29, 0.717) is 21.4 Å². The molecule has 1 aliphatic rings. The van der Waals surface area contributed by atoms with Crippen molar-refractivity contribution >= 4 is 22.9 Å². The van der Waals surface area contributed by atoms with E-state index in [0.717, 1.165) is 0 Å². The molecular formula is C23H26F2N6O3S. The molecule has 186 valence electrons. The number of aliphatic hydroxyl groups excluding tert-OH is 1. The van der Waals surface area contributed by atoms with E-state index in [4.69, 9.17) is 4.74 Å². The number of ether oxygens (including phenoxy) is 1. The maximum absolute atomic E-state index is 14.5. The molecule has 3 aromatic heterocycles. The molecule has 0 aliphatic heterocycles. The van der Waals surface area contributed by atoms with Crippen LogP contribution in [0.15, 0.2) is 29.5 Å². The van der Waals surface area contributed by atoms with E-state index in [2.05, 4.69) is 25.5 Å². The predicted octanol–water partition coefficient (Wildman–Crippen LogP) is 3.64. The second-order valence-corrected chi connectivity index (χ2v) is 9.98. The molecule has 2 atom stereocenters. The van der Waals surface area contributed by atoms with Crippen molar-refractivity contribution in [3.8, 4) is 5.88 Å². The van der Waals surface area contributed by atoms with Gasteiger partial charge in [0.05, 0.1) is 23.6 Å². The molecule has 35 heavy (non-hydrogen) atoms. The van der Waals surface area contributed by atoms with Crippen LogP contribution >= 0.6 is 11.3 Å². The summed E-state index contributed by atoms with van der Waals surface area (Å²) in [5.41, 5.74) is 0.0101. The van der Waals surface area contributed by atoms with E-state index in [-0.39, 0.29) is 35.8 Å². The molecule has 0 spiro atoms. The van der Waals surface area contributed by atoms with Crippen LogP contribution in [-0.4, -0.2) is 48.8 Å². The minimum absolute atomic E-state index is 0.0446. The Morgan fingerprint density at radius 3 is 2.71 bits per heavy atom. The van der Waals surface area contributed by atoms with Crippen LogP contribution in [0.5, 0.6) is 5.88 Å². The van der Waals surface area contributed by atoms with Gasteiger partial charge in [-0.05, 0) is 40.2 Å². The number of hydrogen-bond donors (Lipinski definition) is 2. The number of nitrogens with one attached hydrogen (secondary N) is 1. The highest BCUT2D eigenvalue weighted by atomic mass is 32.1. The highest BCUT2D eigenvalue weighted by Gasteiger charge is 2.34. The van der Waals surface area contributed by atoms with Crippen LogP contribution in [0.4, 0.5) is 8.78 Å². The lowest BCUT2D eigenvalue weighted by Crippen LogP contribution is -2.46. The average Bonchev–Trinajstić information content (AvgIpc) is 3.39. The maximum Gasteiger partial charge on any atom is 0.271 e. The van der Waals surface area contributed by atoms with E-state index in [1.165, 1.54) is 21.8 Å². The van der Waals surface area contributed by atoms with Gasteiger partial charge in [-0.3, -0.25) is 9.20 Å². The number of amides is 1. The van der Waals surface area contributed by atoms with Crippen LogP contribution in [0.25, 0.3) is 5.65 Å². The molecule has 4 rings (SSSR count). The van der Waals surface area contributed by atoms with Gasteiger partial charge in [-0.25, -0.2) is 18.7 Å². The largest absolute Gasteiger partial charge is 0.470 e. The summed E-state index contributed by atoms with van der Waals surface area (Å²) in [5, 5.41) is 22.1. The molecule has 2 N–H and O–H groups in total.